The van der Waals surface area contributed by atoms with Crippen molar-refractivity contribution >= 4 is 28.9 Å². The molecule has 0 atom stereocenters. The third-order valence-electron chi connectivity index (χ3n) is 3.47. The van der Waals surface area contributed by atoms with Crippen LogP contribution < -0.4 is 16.2 Å². The first-order valence-electron chi connectivity index (χ1n) is 7.96. The highest BCUT2D eigenvalue weighted by Crippen LogP contribution is 2.13. The number of amides is 1. The van der Waals surface area contributed by atoms with E-state index >= 15 is 0 Å². The number of tetrazole rings is 1. The van der Waals surface area contributed by atoms with E-state index in [0.717, 1.165) is 16.0 Å². The van der Waals surface area contributed by atoms with Gasteiger partial charge >= 0.3 is 0 Å². The fourth-order valence-electron chi connectivity index (χ4n) is 2.12. The number of hydrogen-bond acceptors (Lipinski definition) is 5. The van der Waals surface area contributed by atoms with Crippen molar-refractivity contribution in [2.45, 2.75) is 13.5 Å². The van der Waals surface area contributed by atoms with Crippen molar-refractivity contribution in [3.63, 3.8) is 0 Å². The van der Waals surface area contributed by atoms with Crippen LogP contribution in [0.25, 0.3) is 11.4 Å². The molecule has 3 aromatic rings. The number of nitrogens with one attached hydrogen (secondary N) is 3. The lowest BCUT2D eigenvalue weighted by atomic mass is 10.2. The molecule has 8 nitrogen and oxygen atoms in total. The maximum atomic E-state index is 12.9. The van der Waals surface area contributed by atoms with Gasteiger partial charge in [0.25, 0.3) is 5.91 Å². The zero-order chi connectivity index (χ0) is 19.2. The van der Waals surface area contributed by atoms with Crippen molar-refractivity contribution in [3.8, 4) is 11.4 Å². The lowest BCUT2D eigenvalue weighted by Gasteiger charge is -2.11. The molecule has 1 aromatic heterocycles. The van der Waals surface area contributed by atoms with Gasteiger partial charge < -0.3 is 5.32 Å². The summed E-state index contributed by atoms with van der Waals surface area (Å²) in [6, 6.07) is 13.3. The first-order valence-corrected chi connectivity index (χ1v) is 8.37. The summed E-state index contributed by atoms with van der Waals surface area (Å²) in [5.74, 6) is -0.467. The van der Waals surface area contributed by atoms with Gasteiger partial charge in [-0.05, 0) is 60.8 Å². The largest absolute Gasteiger partial charge is 0.331 e. The minimum absolute atomic E-state index is 0.158. The Morgan fingerprint density at radius 3 is 2.52 bits per heavy atom. The summed E-state index contributed by atoms with van der Waals surface area (Å²) >= 11 is 5.11. The number of carbonyl (C=O) groups excluding carboxylic acids is 1. The minimum Gasteiger partial charge on any atom is -0.331 e. The number of halogens is 1. The average Bonchev–Trinajstić information content (AvgIpc) is 3.11. The van der Waals surface area contributed by atoms with Gasteiger partial charge in [-0.2, -0.15) is 4.80 Å². The number of benzene rings is 2. The summed E-state index contributed by atoms with van der Waals surface area (Å²) in [6.07, 6.45) is 0. The minimum atomic E-state index is -0.411. The van der Waals surface area contributed by atoms with Gasteiger partial charge in [-0.15, -0.1) is 10.2 Å². The Kier molecular flexibility index (Phi) is 5.67. The predicted molar refractivity (Wildman–Crippen MR) is 102 cm³/mol. The number of rotatable bonds is 4. The van der Waals surface area contributed by atoms with Crippen molar-refractivity contribution in [2.75, 3.05) is 5.32 Å². The molecule has 1 heterocycles. The second-order valence-corrected chi connectivity index (χ2v) is 6.05. The lowest BCUT2D eigenvalue weighted by molar-refractivity contribution is -0.122. The fraction of sp³-hybridized carbons (Fsp3) is 0.118. The number of aromatic nitrogens is 4. The van der Waals surface area contributed by atoms with E-state index in [1.54, 1.807) is 0 Å². The van der Waals surface area contributed by atoms with Crippen LogP contribution in [0.3, 0.4) is 0 Å². The van der Waals surface area contributed by atoms with Gasteiger partial charge in [0.05, 0.1) is 0 Å². The van der Waals surface area contributed by atoms with Crippen LogP contribution >= 0.6 is 12.2 Å². The molecule has 0 saturated heterocycles. The maximum Gasteiger partial charge on any atom is 0.262 e. The highest BCUT2D eigenvalue weighted by atomic mass is 32.1. The van der Waals surface area contributed by atoms with Gasteiger partial charge in [-0.1, -0.05) is 17.7 Å². The first kappa shape index (κ1) is 18.4. The Bertz CT molecular complexity index is 941. The Labute approximate surface area is 159 Å². The third kappa shape index (κ3) is 5.28. The van der Waals surface area contributed by atoms with E-state index in [4.69, 9.17) is 12.2 Å². The SMILES string of the molecule is Cc1ccc(NC(=S)NNC(=O)Cn2nnc(-c3ccc(F)cc3)n2)cc1. The zero-order valence-corrected chi connectivity index (χ0v) is 15.1. The number of nitrogens with zero attached hydrogens (tertiary/aromatic N) is 4. The number of carbonyl (C=O) groups is 1. The molecule has 0 aliphatic rings. The average molecular weight is 385 g/mol. The van der Waals surface area contributed by atoms with Crippen molar-refractivity contribution in [1.82, 2.24) is 31.1 Å². The van der Waals surface area contributed by atoms with E-state index in [2.05, 4.69) is 31.6 Å². The molecule has 10 heteroatoms. The molecule has 0 fully saturated rings. The second kappa shape index (κ2) is 8.32. The Morgan fingerprint density at radius 2 is 1.81 bits per heavy atom. The van der Waals surface area contributed by atoms with Gasteiger partial charge in [0.2, 0.25) is 5.82 Å². The molecular formula is C17H16FN7OS. The normalized spacial score (nSPS) is 10.3. The van der Waals surface area contributed by atoms with Crippen molar-refractivity contribution in [2.24, 2.45) is 0 Å². The number of hydrazine groups is 1. The molecule has 0 spiro atoms. The molecule has 1 amide bonds. The summed E-state index contributed by atoms with van der Waals surface area (Å²) in [5, 5.41) is 14.9. The van der Waals surface area contributed by atoms with Gasteiger partial charge in [0, 0.05) is 11.3 Å². The third-order valence-corrected chi connectivity index (χ3v) is 3.67. The number of anilines is 1. The molecule has 3 N–H and O–H groups in total. The van der Waals surface area contributed by atoms with Crippen LogP contribution in [0.2, 0.25) is 0 Å². The number of hydrogen-bond donors (Lipinski definition) is 3. The molecule has 2 aromatic carbocycles. The molecular weight excluding hydrogens is 369 g/mol. The number of aryl methyl sites for hydroxylation is 1. The standard InChI is InChI=1S/C17H16FN7OS/c1-11-2-8-14(9-3-11)19-17(27)22-20-15(26)10-25-23-16(21-24-25)12-4-6-13(18)7-5-12/h2-9H,10H2,1H3,(H,20,26)(H2,19,22,27). The second-order valence-electron chi connectivity index (χ2n) is 5.64. The maximum absolute atomic E-state index is 12.9. The van der Waals surface area contributed by atoms with Crippen LogP contribution in [0.4, 0.5) is 10.1 Å². The predicted octanol–water partition coefficient (Wildman–Crippen LogP) is 1.81. The quantitative estimate of drug-likeness (QED) is 0.465. The molecule has 0 aliphatic carbocycles. The molecule has 0 radical (unpaired) electrons. The highest BCUT2D eigenvalue weighted by Gasteiger charge is 2.09. The van der Waals surface area contributed by atoms with E-state index in [0.29, 0.717) is 11.4 Å². The fourth-order valence-corrected chi connectivity index (χ4v) is 2.29. The lowest BCUT2D eigenvalue weighted by Crippen LogP contribution is -2.45. The number of thiocarbonyl (C=S) groups is 1. The van der Waals surface area contributed by atoms with E-state index in [9.17, 15) is 9.18 Å². The van der Waals surface area contributed by atoms with Crippen LogP contribution in [0.5, 0.6) is 0 Å². The van der Waals surface area contributed by atoms with Crippen molar-refractivity contribution < 1.29 is 9.18 Å². The van der Waals surface area contributed by atoms with Gasteiger partial charge in [0.1, 0.15) is 12.4 Å². The van der Waals surface area contributed by atoms with Crippen LogP contribution in [0, 0.1) is 12.7 Å². The monoisotopic (exact) mass is 385 g/mol. The summed E-state index contributed by atoms with van der Waals surface area (Å²) in [4.78, 5) is 13.1. The molecule has 27 heavy (non-hydrogen) atoms. The summed E-state index contributed by atoms with van der Waals surface area (Å²) in [5.41, 5.74) is 7.58. The Balaban J connectivity index is 1.48. The van der Waals surface area contributed by atoms with Crippen LogP contribution in [-0.4, -0.2) is 31.2 Å². The molecule has 138 valence electrons. The van der Waals surface area contributed by atoms with Gasteiger partial charge in [0.15, 0.2) is 5.11 Å². The van der Waals surface area contributed by atoms with Crippen LogP contribution in [-0.2, 0) is 11.3 Å². The molecule has 0 unspecified atom stereocenters. The van der Waals surface area contributed by atoms with Crippen LogP contribution in [0.15, 0.2) is 48.5 Å². The molecule has 0 bridgehead atoms. The molecule has 3 rings (SSSR count). The van der Waals surface area contributed by atoms with E-state index < -0.39 is 5.91 Å². The Hall–Kier alpha value is -3.40. The van der Waals surface area contributed by atoms with Crippen LogP contribution in [0.1, 0.15) is 5.56 Å². The van der Waals surface area contributed by atoms with E-state index in [1.807, 2.05) is 31.2 Å². The van der Waals surface area contributed by atoms with Crippen molar-refractivity contribution in [1.29, 1.82) is 0 Å². The van der Waals surface area contributed by atoms with Crippen molar-refractivity contribution in [3.05, 3.63) is 59.9 Å². The van der Waals surface area contributed by atoms with E-state index in [1.165, 1.54) is 24.3 Å². The smallest absolute Gasteiger partial charge is 0.262 e. The molecule has 0 saturated carbocycles. The first-order chi connectivity index (χ1) is 13.0. The highest BCUT2D eigenvalue weighted by molar-refractivity contribution is 7.80. The van der Waals surface area contributed by atoms with E-state index in [-0.39, 0.29) is 17.5 Å². The van der Waals surface area contributed by atoms with Gasteiger partial charge in [-0.25, -0.2) is 4.39 Å². The summed E-state index contributed by atoms with van der Waals surface area (Å²) in [7, 11) is 0. The zero-order valence-electron chi connectivity index (χ0n) is 14.3. The summed E-state index contributed by atoms with van der Waals surface area (Å²) in [6.45, 7) is 1.83. The topological polar surface area (TPSA) is 96.8 Å². The molecule has 0 aliphatic heterocycles. The van der Waals surface area contributed by atoms with Gasteiger partial charge in [-0.3, -0.25) is 15.6 Å². The Morgan fingerprint density at radius 1 is 1.11 bits per heavy atom. The summed E-state index contributed by atoms with van der Waals surface area (Å²) < 4.78 is 12.9.